The number of carbonyl (C=O) groups excluding carboxylic acids is 1. The quantitative estimate of drug-likeness (QED) is 0.867. The number of nitrogens with zero attached hydrogens (tertiary/aromatic N) is 2. The van der Waals surface area contributed by atoms with E-state index in [9.17, 15) is 10.1 Å². The van der Waals surface area contributed by atoms with E-state index in [4.69, 9.17) is 4.74 Å². The molecule has 0 saturated carbocycles. The lowest BCUT2D eigenvalue weighted by Crippen LogP contribution is -2.46. The number of hydrogen-bond acceptors (Lipinski definition) is 3. The van der Waals surface area contributed by atoms with Crippen LogP contribution >= 0.6 is 0 Å². The molecule has 3 rings (SSSR count). The number of hydrogen-bond donors (Lipinski definition) is 1. The van der Waals surface area contributed by atoms with Crippen LogP contribution in [0.25, 0.3) is 5.70 Å². The Morgan fingerprint density at radius 1 is 1.30 bits per heavy atom. The fraction of sp³-hybridized carbons (Fsp3) is 0.444. The number of nitrogens with one attached hydrogen (secondary N) is 1. The first kappa shape index (κ1) is 15.6. The van der Waals surface area contributed by atoms with E-state index in [1.54, 1.807) is 4.90 Å². The Morgan fingerprint density at radius 3 is 2.70 bits per heavy atom. The standard InChI is InChI=1S/C18H21N3O2/c1-18(2)11-13-5-3-4-6-14(13)16(15(18)12-19)20-17(22)21-7-9-23-10-8-21/h3-6H,7-11H2,1-2H3,(H,20,22). The minimum absolute atomic E-state index is 0.163. The summed E-state index contributed by atoms with van der Waals surface area (Å²) in [6, 6.07) is 10.1. The largest absolute Gasteiger partial charge is 0.378 e. The van der Waals surface area contributed by atoms with Gasteiger partial charge in [0.05, 0.1) is 30.6 Å². The van der Waals surface area contributed by atoms with Gasteiger partial charge in [0, 0.05) is 24.1 Å². The van der Waals surface area contributed by atoms with Crippen molar-refractivity contribution in [3.8, 4) is 6.07 Å². The highest BCUT2D eigenvalue weighted by molar-refractivity contribution is 5.89. The van der Waals surface area contributed by atoms with Crippen LogP contribution in [-0.2, 0) is 11.2 Å². The Labute approximate surface area is 136 Å². The summed E-state index contributed by atoms with van der Waals surface area (Å²) in [6.45, 7) is 6.35. The van der Waals surface area contributed by atoms with Crippen LogP contribution in [0.4, 0.5) is 4.79 Å². The number of urea groups is 1. The first-order valence-corrected chi connectivity index (χ1v) is 7.90. The molecule has 2 amide bonds. The normalized spacial score (nSPS) is 19.8. The minimum Gasteiger partial charge on any atom is -0.378 e. The van der Waals surface area contributed by atoms with Crippen LogP contribution in [0.15, 0.2) is 29.8 Å². The zero-order valence-corrected chi connectivity index (χ0v) is 13.6. The number of nitriles is 1. The summed E-state index contributed by atoms with van der Waals surface area (Å²) >= 11 is 0. The Hall–Kier alpha value is -2.32. The van der Waals surface area contributed by atoms with Crippen molar-refractivity contribution >= 4 is 11.7 Å². The van der Waals surface area contributed by atoms with Gasteiger partial charge in [-0.05, 0) is 12.0 Å². The second-order valence-corrected chi connectivity index (χ2v) is 6.61. The molecule has 23 heavy (non-hydrogen) atoms. The van der Waals surface area contributed by atoms with Crippen molar-refractivity contribution in [2.75, 3.05) is 26.3 Å². The predicted molar refractivity (Wildman–Crippen MR) is 87.4 cm³/mol. The van der Waals surface area contributed by atoms with E-state index >= 15 is 0 Å². The highest BCUT2D eigenvalue weighted by Crippen LogP contribution is 2.41. The molecule has 1 saturated heterocycles. The van der Waals surface area contributed by atoms with Gasteiger partial charge in [0.25, 0.3) is 0 Å². The van der Waals surface area contributed by atoms with Gasteiger partial charge < -0.3 is 15.0 Å². The van der Waals surface area contributed by atoms with Gasteiger partial charge >= 0.3 is 6.03 Å². The van der Waals surface area contributed by atoms with Crippen LogP contribution in [-0.4, -0.2) is 37.2 Å². The number of ether oxygens (including phenoxy) is 1. The van der Waals surface area contributed by atoms with E-state index in [1.807, 2.05) is 32.0 Å². The lowest BCUT2D eigenvalue weighted by molar-refractivity contribution is 0.0541. The maximum absolute atomic E-state index is 12.6. The minimum atomic E-state index is -0.295. The van der Waals surface area contributed by atoms with Gasteiger partial charge in [-0.25, -0.2) is 4.79 Å². The highest BCUT2D eigenvalue weighted by Gasteiger charge is 2.34. The van der Waals surface area contributed by atoms with E-state index in [0.29, 0.717) is 37.6 Å². The number of carbonyl (C=O) groups is 1. The molecule has 0 spiro atoms. The molecule has 0 unspecified atom stereocenters. The summed E-state index contributed by atoms with van der Waals surface area (Å²) in [5.41, 5.74) is 3.10. The average molecular weight is 311 g/mol. The number of allylic oxidation sites excluding steroid dienone is 1. The molecule has 1 aliphatic heterocycles. The Bertz CT molecular complexity index is 694. The molecule has 1 N–H and O–H groups in total. The van der Waals surface area contributed by atoms with Crippen LogP contribution in [0.2, 0.25) is 0 Å². The third kappa shape index (κ3) is 2.95. The number of rotatable bonds is 1. The molecule has 5 nitrogen and oxygen atoms in total. The molecule has 0 atom stereocenters. The van der Waals surface area contributed by atoms with E-state index in [1.165, 1.54) is 0 Å². The second kappa shape index (κ2) is 6.05. The Kier molecular flexibility index (Phi) is 4.10. The fourth-order valence-corrected chi connectivity index (χ4v) is 3.25. The second-order valence-electron chi connectivity index (χ2n) is 6.61. The Morgan fingerprint density at radius 2 is 2.00 bits per heavy atom. The van der Waals surface area contributed by atoms with Gasteiger partial charge in [-0.1, -0.05) is 38.1 Å². The number of benzene rings is 1. The summed E-state index contributed by atoms with van der Waals surface area (Å²) in [5, 5.41) is 12.6. The van der Waals surface area contributed by atoms with Crippen molar-refractivity contribution in [1.82, 2.24) is 10.2 Å². The summed E-state index contributed by atoms with van der Waals surface area (Å²) in [6.07, 6.45) is 0.795. The summed E-state index contributed by atoms with van der Waals surface area (Å²) in [4.78, 5) is 14.3. The van der Waals surface area contributed by atoms with E-state index < -0.39 is 0 Å². The van der Waals surface area contributed by atoms with Crippen LogP contribution in [0.3, 0.4) is 0 Å². The number of morpholine rings is 1. The maximum Gasteiger partial charge on any atom is 0.322 e. The van der Waals surface area contributed by atoms with Crippen molar-refractivity contribution in [3.05, 3.63) is 41.0 Å². The van der Waals surface area contributed by atoms with Crippen molar-refractivity contribution < 1.29 is 9.53 Å². The van der Waals surface area contributed by atoms with Crippen molar-refractivity contribution in [2.24, 2.45) is 5.41 Å². The van der Waals surface area contributed by atoms with Crippen LogP contribution in [0, 0.1) is 16.7 Å². The summed E-state index contributed by atoms with van der Waals surface area (Å²) in [5.74, 6) is 0. The van der Waals surface area contributed by atoms with Gasteiger partial charge in [-0.3, -0.25) is 0 Å². The smallest absolute Gasteiger partial charge is 0.322 e. The first-order valence-electron chi connectivity index (χ1n) is 7.90. The van der Waals surface area contributed by atoms with Gasteiger partial charge in [0.2, 0.25) is 0 Å². The van der Waals surface area contributed by atoms with E-state index in [-0.39, 0.29) is 11.4 Å². The zero-order chi connectivity index (χ0) is 16.4. The molecule has 0 radical (unpaired) electrons. The lowest BCUT2D eigenvalue weighted by atomic mass is 9.72. The zero-order valence-electron chi connectivity index (χ0n) is 13.6. The monoisotopic (exact) mass is 311 g/mol. The lowest BCUT2D eigenvalue weighted by Gasteiger charge is -2.34. The van der Waals surface area contributed by atoms with Crippen molar-refractivity contribution in [1.29, 1.82) is 5.26 Å². The Balaban J connectivity index is 1.97. The van der Waals surface area contributed by atoms with Crippen molar-refractivity contribution in [3.63, 3.8) is 0 Å². The fourth-order valence-electron chi connectivity index (χ4n) is 3.25. The molecule has 1 aliphatic carbocycles. The molecule has 0 aromatic heterocycles. The topological polar surface area (TPSA) is 65.4 Å². The number of fused-ring (bicyclic) bond motifs is 1. The van der Waals surface area contributed by atoms with Gasteiger partial charge in [-0.15, -0.1) is 0 Å². The third-order valence-corrected chi connectivity index (χ3v) is 4.49. The maximum atomic E-state index is 12.6. The molecule has 1 fully saturated rings. The first-order chi connectivity index (χ1) is 11.0. The molecule has 0 bridgehead atoms. The van der Waals surface area contributed by atoms with E-state index in [2.05, 4.69) is 17.5 Å². The van der Waals surface area contributed by atoms with Crippen LogP contribution < -0.4 is 5.32 Å². The van der Waals surface area contributed by atoms with Crippen LogP contribution in [0.5, 0.6) is 0 Å². The van der Waals surface area contributed by atoms with Crippen molar-refractivity contribution in [2.45, 2.75) is 20.3 Å². The molecule has 5 heteroatoms. The highest BCUT2D eigenvalue weighted by atomic mass is 16.5. The van der Waals surface area contributed by atoms with Gasteiger partial charge in [0.1, 0.15) is 0 Å². The van der Waals surface area contributed by atoms with Crippen LogP contribution in [0.1, 0.15) is 25.0 Å². The SMILES string of the molecule is CC1(C)Cc2ccccc2C(NC(=O)N2CCOCC2)=C1C#N. The molecule has 1 aromatic carbocycles. The summed E-state index contributed by atoms with van der Waals surface area (Å²) < 4.78 is 5.29. The summed E-state index contributed by atoms with van der Waals surface area (Å²) in [7, 11) is 0. The molecule has 2 aliphatic rings. The molecular formula is C18H21N3O2. The van der Waals surface area contributed by atoms with Gasteiger partial charge in [0.15, 0.2) is 0 Å². The third-order valence-electron chi connectivity index (χ3n) is 4.49. The molecule has 1 aromatic rings. The number of amides is 2. The van der Waals surface area contributed by atoms with E-state index in [0.717, 1.165) is 17.5 Å². The molecular weight excluding hydrogens is 290 g/mol. The molecule has 1 heterocycles. The predicted octanol–water partition coefficient (Wildman–Crippen LogP) is 2.55. The van der Waals surface area contributed by atoms with Gasteiger partial charge in [-0.2, -0.15) is 5.26 Å². The molecule has 120 valence electrons. The average Bonchev–Trinajstić information content (AvgIpc) is 2.55.